The third kappa shape index (κ3) is 4.11. The first-order valence-electron chi connectivity index (χ1n) is 6.17. The molecule has 2 atom stereocenters. The number of benzene rings is 1. The summed E-state index contributed by atoms with van der Waals surface area (Å²) in [6, 6.07) is 5.48. The van der Waals surface area contributed by atoms with Crippen molar-refractivity contribution in [1.29, 1.82) is 0 Å². The van der Waals surface area contributed by atoms with Crippen LogP contribution in [0.2, 0.25) is 5.02 Å². The lowest BCUT2D eigenvalue weighted by Gasteiger charge is -2.21. The standard InChI is InChI=1S/C14H21ClN2O2/c1-9(10(2)19-5)16-11-6-7-13(15)12(8-11)14(18)17(3)4/h6-10,16H,1-5H3. The van der Waals surface area contributed by atoms with Crippen LogP contribution in [0.1, 0.15) is 24.2 Å². The summed E-state index contributed by atoms with van der Waals surface area (Å²) in [5, 5.41) is 3.75. The van der Waals surface area contributed by atoms with Crippen LogP contribution in [0.4, 0.5) is 5.69 Å². The van der Waals surface area contributed by atoms with Gasteiger partial charge in [0.25, 0.3) is 5.91 Å². The zero-order valence-electron chi connectivity index (χ0n) is 12.0. The maximum atomic E-state index is 12.0. The number of carbonyl (C=O) groups excluding carboxylic acids is 1. The van der Waals surface area contributed by atoms with Gasteiger partial charge in [0.15, 0.2) is 0 Å². The van der Waals surface area contributed by atoms with Crippen LogP contribution in [0.15, 0.2) is 18.2 Å². The Morgan fingerprint density at radius 2 is 2.00 bits per heavy atom. The predicted molar refractivity (Wildman–Crippen MR) is 79.0 cm³/mol. The highest BCUT2D eigenvalue weighted by atomic mass is 35.5. The first kappa shape index (κ1) is 15.8. The number of methoxy groups -OCH3 is 1. The molecule has 106 valence electrons. The molecule has 0 aromatic heterocycles. The largest absolute Gasteiger partial charge is 0.380 e. The van der Waals surface area contributed by atoms with E-state index in [0.717, 1.165) is 5.69 Å². The van der Waals surface area contributed by atoms with Crippen LogP contribution >= 0.6 is 11.6 Å². The normalized spacial score (nSPS) is 13.8. The number of nitrogens with zero attached hydrogens (tertiary/aromatic N) is 1. The average molecular weight is 285 g/mol. The van der Waals surface area contributed by atoms with Crippen molar-refractivity contribution in [3.63, 3.8) is 0 Å². The molecule has 4 nitrogen and oxygen atoms in total. The number of hydrogen-bond donors (Lipinski definition) is 1. The molecule has 1 aromatic rings. The molecule has 0 aliphatic carbocycles. The van der Waals surface area contributed by atoms with Crippen molar-refractivity contribution in [3.05, 3.63) is 28.8 Å². The second kappa shape index (κ2) is 6.78. The second-order valence-electron chi connectivity index (χ2n) is 4.77. The fourth-order valence-corrected chi connectivity index (χ4v) is 1.80. The number of ether oxygens (including phenoxy) is 1. The minimum Gasteiger partial charge on any atom is -0.380 e. The molecule has 0 heterocycles. The summed E-state index contributed by atoms with van der Waals surface area (Å²) in [6.07, 6.45) is 0.0729. The fraction of sp³-hybridized carbons (Fsp3) is 0.500. The van der Waals surface area contributed by atoms with E-state index >= 15 is 0 Å². The van der Waals surface area contributed by atoms with Gasteiger partial charge in [-0.15, -0.1) is 0 Å². The number of amides is 1. The number of hydrogen-bond acceptors (Lipinski definition) is 3. The third-order valence-corrected chi connectivity index (χ3v) is 3.40. The molecule has 0 saturated carbocycles. The molecule has 0 aliphatic rings. The molecule has 5 heteroatoms. The Bertz CT molecular complexity index is 449. The third-order valence-electron chi connectivity index (χ3n) is 3.07. The summed E-state index contributed by atoms with van der Waals surface area (Å²) < 4.78 is 5.26. The molecule has 0 saturated heterocycles. The van der Waals surface area contributed by atoms with Crippen molar-refractivity contribution in [3.8, 4) is 0 Å². The monoisotopic (exact) mass is 284 g/mol. The molecule has 1 amide bonds. The first-order valence-corrected chi connectivity index (χ1v) is 6.55. The Morgan fingerprint density at radius 3 is 2.53 bits per heavy atom. The number of rotatable bonds is 5. The van der Waals surface area contributed by atoms with Crippen LogP contribution in [0.3, 0.4) is 0 Å². The van der Waals surface area contributed by atoms with Crippen molar-refractivity contribution < 1.29 is 9.53 Å². The molecule has 2 unspecified atom stereocenters. The number of halogens is 1. The Kier molecular flexibility index (Phi) is 5.63. The van der Waals surface area contributed by atoms with Gasteiger partial charge in [-0.05, 0) is 32.0 Å². The van der Waals surface area contributed by atoms with Crippen LogP contribution in [-0.4, -0.2) is 44.2 Å². The Hall–Kier alpha value is -1.26. The molecular weight excluding hydrogens is 264 g/mol. The quantitative estimate of drug-likeness (QED) is 0.904. The fourth-order valence-electron chi connectivity index (χ4n) is 1.60. The molecule has 0 aliphatic heterocycles. The van der Waals surface area contributed by atoms with Crippen molar-refractivity contribution in [2.45, 2.75) is 26.0 Å². The van der Waals surface area contributed by atoms with E-state index in [1.165, 1.54) is 4.90 Å². The van der Waals surface area contributed by atoms with Gasteiger partial charge in [0.1, 0.15) is 0 Å². The number of anilines is 1. The molecule has 0 bridgehead atoms. The van der Waals surface area contributed by atoms with E-state index in [1.54, 1.807) is 33.3 Å². The summed E-state index contributed by atoms with van der Waals surface area (Å²) in [7, 11) is 5.08. The lowest BCUT2D eigenvalue weighted by molar-refractivity contribution is 0.0828. The second-order valence-corrected chi connectivity index (χ2v) is 5.18. The van der Waals surface area contributed by atoms with E-state index in [1.807, 2.05) is 19.9 Å². The zero-order chi connectivity index (χ0) is 14.6. The van der Waals surface area contributed by atoms with Gasteiger partial charge < -0.3 is 15.0 Å². The van der Waals surface area contributed by atoms with Crippen LogP contribution in [-0.2, 0) is 4.74 Å². The predicted octanol–water partition coefficient (Wildman–Crippen LogP) is 2.88. The van der Waals surface area contributed by atoms with Gasteiger partial charge >= 0.3 is 0 Å². The van der Waals surface area contributed by atoms with Gasteiger partial charge in [-0.3, -0.25) is 4.79 Å². The van der Waals surface area contributed by atoms with E-state index in [-0.39, 0.29) is 18.1 Å². The van der Waals surface area contributed by atoms with Crippen LogP contribution in [0, 0.1) is 0 Å². The van der Waals surface area contributed by atoms with E-state index < -0.39 is 0 Å². The first-order chi connectivity index (χ1) is 8.86. The smallest absolute Gasteiger partial charge is 0.254 e. The molecule has 0 radical (unpaired) electrons. The van der Waals surface area contributed by atoms with Crippen molar-refractivity contribution in [2.75, 3.05) is 26.5 Å². The van der Waals surface area contributed by atoms with Crippen molar-refractivity contribution >= 4 is 23.2 Å². The molecule has 0 fully saturated rings. The van der Waals surface area contributed by atoms with Gasteiger partial charge in [-0.1, -0.05) is 11.6 Å². The molecule has 1 aromatic carbocycles. The molecule has 1 N–H and O–H groups in total. The maximum absolute atomic E-state index is 12.0. The van der Waals surface area contributed by atoms with E-state index in [0.29, 0.717) is 10.6 Å². The summed E-state index contributed by atoms with van der Waals surface area (Å²) in [6.45, 7) is 4.01. The topological polar surface area (TPSA) is 41.6 Å². The molecule has 19 heavy (non-hydrogen) atoms. The van der Waals surface area contributed by atoms with E-state index in [2.05, 4.69) is 5.32 Å². The Labute approximate surface area is 119 Å². The van der Waals surface area contributed by atoms with E-state index in [9.17, 15) is 4.79 Å². The average Bonchev–Trinajstić information content (AvgIpc) is 2.38. The number of carbonyl (C=O) groups is 1. The minimum absolute atomic E-state index is 0.0729. The van der Waals surface area contributed by atoms with Gasteiger partial charge in [0.05, 0.1) is 16.7 Å². The van der Waals surface area contributed by atoms with E-state index in [4.69, 9.17) is 16.3 Å². The van der Waals surface area contributed by atoms with Gasteiger partial charge in [0.2, 0.25) is 0 Å². The summed E-state index contributed by atoms with van der Waals surface area (Å²) >= 11 is 6.06. The van der Waals surface area contributed by atoms with Crippen LogP contribution in [0.5, 0.6) is 0 Å². The van der Waals surface area contributed by atoms with Crippen molar-refractivity contribution in [1.82, 2.24) is 4.90 Å². The number of nitrogens with one attached hydrogen (secondary N) is 1. The van der Waals surface area contributed by atoms with Gasteiger partial charge in [-0.2, -0.15) is 0 Å². The van der Waals surface area contributed by atoms with Gasteiger partial charge in [0, 0.05) is 32.9 Å². The van der Waals surface area contributed by atoms with Crippen LogP contribution in [0.25, 0.3) is 0 Å². The molecule has 1 rings (SSSR count). The maximum Gasteiger partial charge on any atom is 0.254 e. The van der Waals surface area contributed by atoms with Gasteiger partial charge in [-0.25, -0.2) is 0 Å². The Balaban J connectivity index is 2.93. The molecule has 0 spiro atoms. The highest BCUT2D eigenvalue weighted by molar-refractivity contribution is 6.34. The molecular formula is C14H21ClN2O2. The lowest BCUT2D eigenvalue weighted by Crippen LogP contribution is -2.30. The minimum atomic E-state index is -0.110. The summed E-state index contributed by atoms with van der Waals surface area (Å²) in [5.74, 6) is -0.110. The summed E-state index contributed by atoms with van der Waals surface area (Å²) in [5.41, 5.74) is 1.35. The van der Waals surface area contributed by atoms with Crippen molar-refractivity contribution in [2.24, 2.45) is 0 Å². The summed E-state index contributed by atoms with van der Waals surface area (Å²) in [4.78, 5) is 13.5. The van der Waals surface area contributed by atoms with Crippen LogP contribution < -0.4 is 5.32 Å². The highest BCUT2D eigenvalue weighted by Gasteiger charge is 2.15. The zero-order valence-corrected chi connectivity index (χ0v) is 12.8. The SMILES string of the molecule is COC(C)C(C)Nc1ccc(Cl)c(C(=O)N(C)C)c1. The Morgan fingerprint density at radius 1 is 1.37 bits per heavy atom. The lowest BCUT2D eigenvalue weighted by atomic mass is 10.1. The highest BCUT2D eigenvalue weighted by Crippen LogP contribution is 2.22.